The number of rotatable bonds is 7. The monoisotopic (exact) mass is 385 g/mol. The average Bonchev–Trinajstić information content (AvgIpc) is 3.16. The van der Waals surface area contributed by atoms with E-state index >= 15 is 0 Å². The van der Waals surface area contributed by atoms with Crippen molar-refractivity contribution in [3.8, 4) is 0 Å². The average molecular weight is 386 g/mol. The molecule has 3 aromatic rings. The molecule has 3 rings (SSSR count). The van der Waals surface area contributed by atoms with Gasteiger partial charge in [-0.1, -0.05) is 30.7 Å². The van der Waals surface area contributed by atoms with E-state index in [2.05, 4.69) is 27.0 Å². The summed E-state index contributed by atoms with van der Waals surface area (Å²) in [5.41, 5.74) is 2.02. The number of nitrogens with zero attached hydrogens (tertiary/aromatic N) is 2. The first kappa shape index (κ1) is 18.5. The summed E-state index contributed by atoms with van der Waals surface area (Å²) in [4.78, 5) is 16.8. The third-order valence-electron chi connectivity index (χ3n) is 3.92. The van der Waals surface area contributed by atoms with E-state index in [1.165, 1.54) is 5.56 Å². The highest BCUT2D eigenvalue weighted by molar-refractivity contribution is 7.99. The van der Waals surface area contributed by atoms with E-state index < -0.39 is 0 Å². The quantitative estimate of drug-likeness (QED) is 0.552. The van der Waals surface area contributed by atoms with Crippen molar-refractivity contribution < 1.29 is 4.79 Å². The number of benzene rings is 2. The molecule has 6 heteroatoms. The van der Waals surface area contributed by atoms with Crippen LogP contribution >= 0.6 is 23.4 Å². The van der Waals surface area contributed by atoms with Crippen LogP contribution in [0.5, 0.6) is 0 Å². The van der Waals surface area contributed by atoms with E-state index in [1.807, 2.05) is 55.8 Å². The molecule has 0 aliphatic heterocycles. The van der Waals surface area contributed by atoms with Gasteiger partial charge < -0.3 is 9.88 Å². The molecule has 2 aromatic carbocycles. The summed E-state index contributed by atoms with van der Waals surface area (Å²) >= 11 is 7.81. The zero-order valence-electron chi connectivity index (χ0n) is 14.4. The number of amides is 1. The Labute approximate surface area is 162 Å². The number of nitrogens with one attached hydrogen (secondary N) is 1. The molecule has 0 radical (unpaired) electrons. The van der Waals surface area contributed by atoms with Crippen molar-refractivity contribution in [1.29, 1.82) is 0 Å². The predicted molar refractivity (Wildman–Crippen MR) is 108 cm³/mol. The second-order valence-corrected chi connectivity index (χ2v) is 7.56. The Balaban J connectivity index is 1.76. The van der Waals surface area contributed by atoms with Crippen LogP contribution in [-0.4, -0.2) is 15.5 Å². The number of anilines is 1. The molecule has 0 aliphatic carbocycles. The van der Waals surface area contributed by atoms with Crippen molar-refractivity contribution in [3.05, 3.63) is 77.8 Å². The number of imidazole rings is 1. The molecule has 26 heavy (non-hydrogen) atoms. The molecule has 0 bridgehead atoms. The van der Waals surface area contributed by atoms with Crippen molar-refractivity contribution in [3.63, 3.8) is 0 Å². The van der Waals surface area contributed by atoms with Crippen LogP contribution in [-0.2, 0) is 11.3 Å². The van der Waals surface area contributed by atoms with Crippen LogP contribution in [0.3, 0.4) is 0 Å². The summed E-state index contributed by atoms with van der Waals surface area (Å²) in [6, 6.07) is 15.9. The topological polar surface area (TPSA) is 46.9 Å². The van der Waals surface area contributed by atoms with Gasteiger partial charge in [0.1, 0.15) is 0 Å². The third kappa shape index (κ3) is 5.13. The lowest BCUT2D eigenvalue weighted by atomic mass is 10.1. The Kier molecular flexibility index (Phi) is 6.36. The summed E-state index contributed by atoms with van der Waals surface area (Å²) in [5, 5.41) is 3.82. The van der Waals surface area contributed by atoms with E-state index in [0.29, 0.717) is 6.42 Å². The summed E-state index contributed by atoms with van der Waals surface area (Å²) in [6.45, 7) is 2.65. The van der Waals surface area contributed by atoms with Gasteiger partial charge in [-0.3, -0.25) is 4.79 Å². The standard InChI is InChI=1S/C20H20ClN3OS/c1-2-20(25)23-17-7-9-18(10-8-17)26-19(13-24-12-11-22-14-24)15-3-5-16(21)6-4-15/h3-12,14,19H,2,13H2,1H3,(H,23,25). The summed E-state index contributed by atoms with van der Waals surface area (Å²) < 4.78 is 2.07. The minimum absolute atomic E-state index is 0.0181. The smallest absolute Gasteiger partial charge is 0.224 e. The van der Waals surface area contributed by atoms with Gasteiger partial charge in [0.2, 0.25) is 5.91 Å². The lowest BCUT2D eigenvalue weighted by molar-refractivity contribution is -0.115. The normalized spacial score (nSPS) is 11.9. The summed E-state index contributed by atoms with van der Waals surface area (Å²) in [6.07, 6.45) is 6.05. The highest BCUT2D eigenvalue weighted by Gasteiger charge is 2.14. The van der Waals surface area contributed by atoms with Gasteiger partial charge in [-0.2, -0.15) is 0 Å². The molecule has 0 spiro atoms. The van der Waals surface area contributed by atoms with Crippen LogP contribution in [0.2, 0.25) is 5.02 Å². The molecule has 1 aromatic heterocycles. The van der Waals surface area contributed by atoms with Crippen molar-refractivity contribution in [2.75, 3.05) is 5.32 Å². The van der Waals surface area contributed by atoms with Crippen LogP contribution in [0, 0.1) is 0 Å². The molecule has 0 aliphatic rings. The van der Waals surface area contributed by atoms with Gasteiger partial charge in [-0.05, 0) is 42.0 Å². The molecule has 1 unspecified atom stereocenters. The van der Waals surface area contributed by atoms with Gasteiger partial charge in [-0.15, -0.1) is 11.8 Å². The minimum atomic E-state index is 0.0181. The molecule has 134 valence electrons. The number of carbonyl (C=O) groups excluding carboxylic acids is 1. The van der Waals surface area contributed by atoms with Gasteiger partial charge in [0.25, 0.3) is 0 Å². The molecule has 1 N–H and O–H groups in total. The second kappa shape index (κ2) is 8.92. The van der Waals surface area contributed by atoms with Crippen molar-refractivity contribution in [2.45, 2.75) is 30.0 Å². The van der Waals surface area contributed by atoms with Crippen molar-refractivity contribution in [2.24, 2.45) is 0 Å². The SMILES string of the molecule is CCC(=O)Nc1ccc(SC(Cn2ccnc2)c2ccc(Cl)cc2)cc1. The maximum atomic E-state index is 11.5. The lowest BCUT2D eigenvalue weighted by Crippen LogP contribution is -2.09. The molecule has 1 atom stereocenters. The van der Waals surface area contributed by atoms with Crippen molar-refractivity contribution in [1.82, 2.24) is 9.55 Å². The Morgan fingerprint density at radius 3 is 2.54 bits per heavy atom. The molecular weight excluding hydrogens is 366 g/mol. The van der Waals surface area contributed by atoms with Gasteiger partial charge in [-0.25, -0.2) is 4.98 Å². The van der Waals surface area contributed by atoms with Gasteiger partial charge in [0.15, 0.2) is 0 Å². The Bertz CT molecular complexity index is 833. The van der Waals surface area contributed by atoms with Crippen LogP contribution in [0.15, 0.2) is 72.1 Å². The Morgan fingerprint density at radius 2 is 1.92 bits per heavy atom. The fourth-order valence-corrected chi connectivity index (χ4v) is 3.79. The predicted octanol–water partition coefficient (Wildman–Crippen LogP) is 5.42. The lowest BCUT2D eigenvalue weighted by Gasteiger charge is -2.18. The minimum Gasteiger partial charge on any atom is -0.336 e. The zero-order valence-corrected chi connectivity index (χ0v) is 16.0. The van der Waals surface area contributed by atoms with Gasteiger partial charge in [0, 0.05) is 41.0 Å². The second-order valence-electron chi connectivity index (χ2n) is 5.84. The van der Waals surface area contributed by atoms with E-state index in [9.17, 15) is 4.79 Å². The fourth-order valence-electron chi connectivity index (χ4n) is 2.50. The number of carbonyl (C=O) groups is 1. The number of aromatic nitrogens is 2. The zero-order chi connectivity index (χ0) is 18.4. The number of halogens is 1. The largest absolute Gasteiger partial charge is 0.336 e. The molecular formula is C20H20ClN3OS. The number of thioether (sulfide) groups is 1. The van der Waals surface area contributed by atoms with Crippen LogP contribution < -0.4 is 5.32 Å². The first-order valence-electron chi connectivity index (χ1n) is 8.42. The maximum Gasteiger partial charge on any atom is 0.224 e. The van der Waals surface area contributed by atoms with E-state index in [4.69, 9.17) is 11.6 Å². The summed E-state index contributed by atoms with van der Waals surface area (Å²) in [5.74, 6) is 0.0181. The Hall–Kier alpha value is -2.24. The van der Waals surface area contributed by atoms with Gasteiger partial charge in [0.05, 0.1) is 11.6 Å². The fraction of sp³-hybridized carbons (Fsp3) is 0.200. The van der Waals surface area contributed by atoms with Gasteiger partial charge >= 0.3 is 0 Å². The molecule has 1 amide bonds. The van der Waals surface area contributed by atoms with E-state index in [0.717, 1.165) is 22.2 Å². The molecule has 0 saturated carbocycles. The maximum absolute atomic E-state index is 11.5. The Morgan fingerprint density at radius 1 is 1.19 bits per heavy atom. The van der Waals surface area contributed by atoms with Crippen LogP contribution in [0.4, 0.5) is 5.69 Å². The van der Waals surface area contributed by atoms with Crippen LogP contribution in [0.1, 0.15) is 24.2 Å². The highest BCUT2D eigenvalue weighted by atomic mass is 35.5. The number of hydrogen-bond acceptors (Lipinski definition) is 3. The van der Waals surface area contributed by atoms with Crippen LogP contribution in [0.25, 0.3) is 0 Å². The first-order chi connectivity index (χ1) is 12.6. The first-order valence-corrected chi connectivity index (χ1v) is 9.67. The highest BCUT2D eigenvalue weighted by Crippen LogP contribution is 2.37. The molecule has 0 saturated heterocycles. The van der Waals surface area contributed by atoms with E-state index in [1.54, 1.807) is 18.0 Å². The summed E-state index contributed by atoms with van der Waals surface area (Å²) in [7, 11) is 0. The molecule has 4 nitrogen and oxygen atoms in total. The molecule has 1 heterocycles. The van der Waals surface area contributed by atoms with E-state index in [-0.39, 0.29) is 11.2 Å². The number of hydrogen-bond donors (Lipinski definition) is 1. The molecule has 0 fully saturated rings. The third-order valence-corrected chi connectivity index (χ3v) is 5.42. The van der Waals surface area contributed by atoms with Crippen molar-refractivity contribution >= 4 is 35.0 Å².